The zero-order valence-electron chi connectivity index (χ0n) is 29.6. The fourth-order valence-electron chi connectivity index (χ4n) is 6.27. The van der Waals surface area contributed by atoms with Crippen molar-refractivity contribution in [1.29, 1.82) is 0 Å². The molecule has 3 nitrogen and oxygen atoms in total. The smallest absolute Gasteiger partial charge is 0.403 e. The van der Waals surface area contributed by atoms with E-state index in [0.717, 1.165) is 64.1 Å². The maximum Gasteiger partial charge on any atom is 0.403 e. The maximum absolute atomic E-state index is 13.9. The van der Waals surface area contributed by atoms with Gasteiger partial charge in [-0.25, -0.2) is 4.39 Å². The molecule has 0 aliphatic carbocycles. The van der Waals surface area contributed by atoms with Gasteiger partial charge in [0.05, 0.1) is 0 Å². The zero-order chi connectivity index (χ0) is 36.4. The molecule has 51 heavy (non-hydrogen) atoms. The Labute approximate surface area is 310 Å². The topological polar surface area (TPSA) is 50.2 Å². The molecular formula is C43H42F4IrNO2-. The molecule has 5 aromatic carbocycles. The minimum Gasteiger partial charge on any atom is -0.512 e. The summed E-state index contributed by atoms with van der Waals surface area (Å²) in [5.74, 6) is -0.0183. The minimum atomic E-state index is -4.51. The molecule has 1 heterocycles. The average Bonchev–Trinajstić information content (AvgIpc) is 3.12. The van der Waals surface area contributed by atoms with Crippen molar-refractivity contribution in [2.75, 3.05) is 0 Å². The quantitative estimate of drug-likeness (QED) is 0.0545. The van der Waals surface area contributed by atoms with Crippen LogP contribution in [0.4, 0.5) is 17.6 Å². The molecule has 6 rings (SSSR count). The first-order valence-electron chi connectivity index (χ1n) is 17.1. The number of aliphatic hydroxyl groups is 1. The second-order valence-corrected chi connectivity index (χ2v) is 13.4. The number of pyridine rings is 1. The molecule has 1 N–H and O–H groups in total. The first-order chi connectivity index (χ1) is 23.7. The van der Waals surface area contributed by atoms with Crippen molar-refractivity contribution in [3.8, 4) is 11.3 Å². The normalized spacial score (nSPS) is 12.5. The van der Waals surface area contributed by atoms with Crippen LogP contribution in [0.2, 0.25) is 0 Å². The summed E-state index contributed by atoms with van der Waals surface area (Å²) in [6.07, 6.45) is 1.85. The van der Waals surface area contributed by atoms with Crippen LogP contribution in [-0.2, 0) is 31.1 Å². The summed E-state index contributed by atoms with van der Waals surface area (Å²) in [7, 11) is 0. The Bertz CT molecular complexity index is 2230. The molecule has 0 fully saturated rings. The number of nitrogens with zero attached hydrogens (tertiary/aromatic N) is 1. The van der Waals surface area contributed by atoms with Crippen LogP contribution in [0.3, 0.4) is 0 Å². The van der Waals surface area contributed by atoms with E-state index in [1.165, 1.54) is 24.3 Å². The van der Waals surface area contributed by atoms with E-state index >= 15 is 0 Å². The molecule has 1 aromatic heterocycles. The molecule has 1 radical (unpaired) electrons. The number of hydrogen-bond acceptors (Lipinski definition) is 3. The van der Waals surface area contributed by atoms with Crippen LogP contribution in [0, 0.1) is 22.7 Å². The molecule has 269 valence electrons. The summed E-state index contributed by atoms with van der Waals surface area (Å²) in [4.78, 5) is 16.6. The summed E-state index contributed by atoms with van der Waals surface area (Å²) in [5.41, 5.74) is -0.591. The Morgan fingerprint density at radius 2 is 1.31 bits per heavy atom. The van der Waals surface area contributed by atoms with Crippen molar-refractivity contribution in [3.63, 3.8) is 0 Å². The molecule has 6 aromatic rings. The summed E-state index contributed by atoms with van der Waals surface area (Å²) in [5, 5.41) is 15.8. The third kappa shape index (κ3) is 7.88. The van der Waals surface area contributed by atoms with Crippen LogP contribution in [0.5, 0.6) is 0 Å². The van der Waals surface area contributed by atoms with Gasteiger partial charge >= 0.3 is 6.18 Å². The number of alkyl halides is 3. The Morgan fingerprint density at radius 3 is 1.96 bits per heavy atom. The van der Waals surface area contributed by atoms with Crippen LogP contribution in [0.25, 0.3) is 54.3 Å². The number of aliphatic hydroxyl groups excluding tert-OH is 1. The summed E-state index contributed by atoms with van der Waals surface area (Å²) < 4.78 is 55.2. The SMILES string of the molecule is CCC(C)(CC)C(=O)/C=C(\O)C(C)(CC)CC.Fc1ccc2c(ccc3c4ccnc(-c5[c-]c6ccccc6c(C(F)(F)F)c5)c4ccc23)c1.[Ir]. The molecule has 0 unspecified atom stereocenters. The first kappa shape index (κ1) is 39.7. The van der Waals surface area contributed by atoms with Crippen molar-refractivity contribution in [3.05, 3.63) is 114 Å². The number of aromatic nitrogens is 1. The summed E-state index contributed by atoms with van der Waals surface area (Å²) in [6, 6.07) is 24.6. The molecular weight excluding hydrogens is 831 g/mol. The number of fused-ring (bicyclic) bond motifs is 6. The fraction of sp³-hybridized carbons (Fsp3) is 0.302. The van der Waals surface area contributed by atoms with Gasteiger partial charge in [-0.3, -0.25) is 9.78 Å². The van der Waals surface area contributed by atoms with Crippen molar-refractivity contribution >= 4 is 48.9 Å². The second kappa shape index (κ2) is 15.6. The van der Waals surface area contributed by atoms with Gasteiger partial charge in [0.2, 0.25) is 0 Å². The number of ketones is 1. The van der Waals surface area contributed by atoms with Crippen LogP contribution in [0.15, 0.2) is 96.9 Å². The Hall–Kier alpha value is -4.13. The number of rotatable bonds is 8. The molecule has 0 aliphatic rings. The van der Waals surface area contributed by atoms with E-state index in [-0.39, 0.29) is 59.2 Å². The molecule has 0 spiro atoms. The molecule has 0 aliphatic heterocycles. The van der Waals surface area contributed by atoms with Gasteiger partial charge in [-0.1, -0.05) is 101 Å². The fourth-order valence-corrected chi connectivity index (χ4v) is 6.27. The van der Waals surface area contributed by atoms with Crippen LogP contribution >= 0.6 is 0 Å². The van der Waals surface area contributed by atoms with Crippen LogP contribution in [-0.4, -0.2) is 15.9 Å². The second-order valence-electron chi connectivity index (χ2n) is 13.4. The van der Waals surface area contributed by atoms with Crippen LogP contribution in [0.1, 0.15) is 72.8 Å². The maximum atomic E-state index is 13.9. The third-order valence-electron chi connectivity index (χ3n) is 10.7. The predicted molar refractivity (Wildman–Crippen MR) is 197 cm³/mol. The Kier molecular flexibility index (Phi) is 12.2. The number of hydrogen-bond donors (Lipinski definition) is 1. The average molecular weight is 873 g/mol. The van der Waals surface area contributed by atoms with E-state index in [0.29, 0.717) is 11.1 Å². The van der Waals surface area contributed by atoms with Gasteiger partial charge in [-0.15, -0.1) is 23.6 Å². The van der Waals surface area contributed by atoms with Crippen LogP contribution < -0.4 is 0 Å². The summed E-state index contributed by atoms with van der Waals surface area (Å²) in [6.45, 7) is 12.1. The number of carbonyl (C=O) groups is 1. The number of carbonyl (C=O) groups excluding carboxylic acids is 1. The standard InChI is InChI=1S/C28H14F4N.C15H28O2.Ir/c29-19-6-8-20-17(14-19)5-7-23-22(20)9-10-25-24(23)11-12-33-27(25)18-13-16-3-1-2-4-21(16)26(15-18)28(30,31)32;1-7-14(5,8-2)12(16)11-13(17)15(6,9-3)10-4;/h1-12,14-15H;11,16H,7-10H2,1-6H3;/q-1;;/b;12-11-;. The number of allylic oxidation sites excluding steroid dienone is 2. The Balaban J connectivity index is 0.000000279. The largest absolute Gasteiger partial charge is 0.512 e. The van der Waals surface area contributed by atoms with Gasteiger partial charge < -0.3 is 5.11 Å². The molecule has 0 atom stereocenters. The zero-order valence-corrected chi connectivity index (χ0v) is 32.0. The van der Waals surface area contributed by atoms with Gasteiger partial charge in [0.25, 0.3) is 0 Å². The van der Waals surface area contributed by atoms with Crippen molar-refractivity contribution in [2.45, 2.75) is 73.4 Å². The van der Waals surface area contributed by atoms with E-state index in [1.807, 2.05) is 71.9 Å². The van der Waals surface area contributed by atoms with E-state index in [9.17, 15) is 27.5 Å². The minimum absolute atomic E-state index is 0. The molecule has 0 amide bonds. The number of benzene rings is 5. The van der Waals surface area contributed by atoms with Gasteiger partial charge in [-0.05, 0) is 81.8 Å². The number of halogens is 4. The van der Waals surface area contributed by atoms with Gasteiger partial charge in [0.15, 0.2) is 5.78 Å². The van der Waals surface area contributed by atoms with Crippen molar-refractivity contribution in [2.24, 2.45) is 10.8 Å². The van der Waals surface area contributed by atoms with E-state index in [2.05, 4.69) is 11.1 Å². The molecule has 8 heteroatoms. The Morgan fingerprint density at radius 1 is 0.745 bits per heavy atom. The first-order valence-corrected chi connectivity index (χ1v) is 17.1. The van der Waals surface area contributed by atoms with E-state index in [1.54, 1.807) is 30.5 Å². The van der Waals surface area contributed by atoms with Gasteiger partial charge in [-0.2, -0.15) is 13.2 Å². The van der Waals surface area contributed by atoms with Gasteiger partial charge in [0.1, 0.15) is 11.6 Å². The molecule has 0 saturated heterocycles. The third-order valence-corrected chi connectivity index (χ3v) is 10.7. The monoisotopic (exact) mass is 873 g/mol. The van der Waals surface area contributed by atoms with Crippen molar-refractivity contribution < 1.29 is 47.6 Å². The van der Waals surface area contributed by atoms with Crippen molar-refractivity contribution in [1.82, 2.24) is 4.98 Å². The van der Waals surface area contributed by atoms with E-state index < -0.39 is 11.7 Å². The molecule has 0 bridgehead atoms. The van der Waals surface area contributed by atoms with Gasteiger partial charge in [0, 0.05) is 48.9 Å². The molecule has 0 saturated carbocycles. The predicted octanol–water partition coefficient (Wildman–Crippen LogP) is 13.0. The van der Waals surface area contributed by atoms with E-state index in [4.69, 9.17) is 0 Å². The summed E-state index contributed by atoms with van der Waals surface area (Å²) >= 11 is 0.